The first-order chi connectivity index (χ1) is 47.3. The number of aliphatic carboxylic acids is 1. The topological polar surface area (TPSA) is 226 Å². The van der Waals surface area contributed by atoms with Crippen molar-refractivity contribution in [2.24, 2.45) is 25.9 Å². The van der Waals surface area contributed by atoms with E-state index >= 15 is 0 Å². The Bertz CT molecular complexity index is 3650. The monoisotopic (exact) mass is 1420 g/mol. The molecule has 5 fully saturated rings. The highest BCUT2D eigenvalue weighted by Crippen LogP contribution is 2.41. The van der Waals surface area contributed by atoms with Crippen molar-refractivity contribution in [3.05, 3.63) is 119 Å². The van der Waals surface area contributed by atoms with Crippen LogP contribution in [0.4, 0.5) is 74.2 Å². The van der Waals surface area contributed by atoms with E-state index in [9.17, 15) is 77.0 Å². The molecule has 11 rings (SSSR count). The van der Waals surface area contributed by atoms with Gasteiger partial charge in [0.1, 0.15) is 12.2 Å². The molecular formula is C67H78F12N12O9. The second-order valence-corrected chi connectivity index (χ2v) is 25.5. The Morgan fingerprint density at radius 2 is 0.870 bits per heavy atom. The number of rotatable bonds is 16. The van der Waals surface area contributed by atoms with Crippen LogP contribution in [-0.2, 0) is 80.4 Å². The van der Waals surface area contributed by atoms with Crippen molar-refractivity contribution in [1.29, 1.82) is 0 Å². The second-order valence-electron chi connectivity index (χ2n) is 25.5. The highest BCUT2D eigenvalue weighted by Gasteiger charge is 2.45. The first-order valence-corrected chi connectivity index (χ1v) is 32.8. The SMILES string of the molecule is C1CCOC1.CC[C@@H]1C[C@H](N(Cc2cc(C(F)(F)F)cc(C(F)(F)F)c2)c2ncc(-c3cnn(C)c3)cn2)CN1C(=O)OC1CCC(C(=O)O)CC1.CC[C@@H]1C[C@H](N(Cc2cc(C(F)(F)F)cc(C(F)(F)F)c2)c2ncc(-c3cnn(C)c3)cn2)CN1C(=O)OC1CCC(C(=O)OC)CC1. The number of carboxylic acid groups (broad SMARTS) is 1. The van der Waals surface area contributed by atoms with E-state index in [1.807, 2.05) is 13.8 Å². The number of aromatic nitrogens is 8. The molecule has 4 atom stereocenters. The van der Waals surface area contributed by atoms with Gasteiger partial charge in [0.15, 0.2) is 0 Å². The molecule has 100 heavy (non-hydrogen) atoms. The molecule has 4 aromatic heterocycles. The number of ether oxygens (including phenoxy) is 4. The number of hydrogen-bond acceptors (Lipinski definition) is 16. The molecule has 0 radical (unpaired) electrons. The third kappa shape index (κ3) is 19.6. The van der Waals surface area contributed by atoms with Gasteiger partial charge in [0.2, 0.25) is 11.9 Å². The van der Waals surface area contributed by atoms with Gasteiger partial charge in [-0.3, -0.25) is 19.0 Å². The van der Waals surface area contributed by atoms with Crippen molar-refractivity contribution >= 4 is 36.0 Å². The molecule has 0 unspecified atom stereocenters. The number of aryl methyl sites for hydroxylation is 2. The largest absolute Gasteiger partial charge is 0.481 e. The summed E-state index contributed by atoms with van der Waals surface area (Å²) in [5.74, 6) is -1.79. The number of anilines is 2. The maximum absolute atomic E-state index is 13.7. The van der Waals surface area contributed by atoms with Crippen molar-refractivity contribution < 1.29 is 95.9 Å². The maximum atomic E-state index is 13.7. The van der Waals surface area contributed by atoms with Crippen molar-refractivity contribution in [1.82, 2.24) is 49.3 Å². The van der Waals surface area contributed by atoms with Crippen LogP contribution in [0.2, 0.25) is 0 Å². The fourth-order valence-electron chi connectivity index (χ4n) is 13.1. The van der Waals surface area contributed by atoms with Crippen molar-refractivity contribution in [2.75, 3.05) is 43.2 Å². The lowest BCUT2D eigenvalue weighted by Gasteiger charge is -2.31. The highest BCUT2D eigenvalue weighted by atomic mass is 19.4. The Morgan fingerprint density at radius 1 is 0.520 bits per heavy atom. The van der Waals surface area contributed by atoms with Gasteiger partial charge in [0.25, 0.3) is 0 Å². The van der Waals surface area contributed by atoms with Crippen LogP contribution >= 0.6 is 0 Å². The minimum atomic E-state index is -5.02. The van der Waals surface area contributed by atoms with Gasteiger partial charge in [-0.15, -0.1) is 0 Å². The number of carbonyl (C=O) groups excluding carboxylic acids is 3. The first kappa shape index (κ1) is 75.4. The fourth-order valence-corrected chi connectivity index (χ4v) is 13.1. The van der Waals surface area contributed by atoms with E-state index in [4.69, 9.17) is 18.9 Å². The van der Waals surface area contributed by atoms with Crippen LogP contribution in [0.1, 0.15) is 137 Å². The lowest BCUT2D eigenvalue weighted by Crippen LogP contribution is -2.42. The van der Waals surface area contributed by atoms with Gasteiger partial charge >= 0.3 is 48.8 Å². The average molecular weight is 1420 g/mol. The zero-order chi connectivity index (χ0) is 72.4. The van der Waals surface area contributed by atoms with E-state index < -0.39 is 102 Å². The van der Waals surface area contributed by atoms with Gasteiger partial charge in [0, 0.05) is 125 Å². The standard InChI is InChI=1S/C32H36F6N6O4.C31H34F6N6O4.C4H8O/c1-4-25-12-26(18-44(25)30(46)48-27-7-5-20(6-8-27)28(45)47-3)43(29-39-13-21(14-40-29)22-15-41-42(2)17-22)16-19-9-23(31(33,34)35)11-24(10-19)32(36,37)38;1-3-24-11-25(17-43(24)29(46)47-26-6-4-19(5-7-26)27(44)45)42(28-38-12-20(13-39-28)21-14-40-41(2)16-21)15-18-8-22(30(32,33)34)10-23(9-18)31(35,36)37;1-2-4-5-3-1/h9-11,13-15,17,20,25-27H,4-8,12,16,18H2,1-3H3;8-10,12-14,16,19,24-26H,3-7,11,15,17H2,1-2H3,(H,44,45);1-4H2/t20?,25-,26+,27?;19?,24-,25+,26?;/m11./s1. The third-order valence-electron chi connectivity index (χ3n) is 18.5. The molecule has 3 saturated heterocycles. The fraction of sp³-hybridized carbons (Fsp3) is 0.552. The van der Waals surface area contributed by atoms with Crippen LogP contribution in [0.5, 0.6) is 0 Å². The normalized spacial score (nSPS) is 21.9. The van der Waals surface area contributed by atoms with Crippen LogP contribution in [0.3, 0.4) is 0 Å². The molecule has 33 heteroatoms. The summed E-state index contributed by atoms with van der Waals surface area (Å²) in [6.45, 7) is 5.08. The van der Waals surface area contributed by atoms with E-state index in [2.05, 4.69) is 30.1 Å². The van der Waals surface area contributed by atoms with E-state index in [0.717, 1.165) is 13.2 Å². The molecule has 7 heterocycles. The summed E-state index contributed by atoms with van der Waals surface area (Å²) < 4.78 is 189. The predicted octanol–water partition coefficient (Wildman–Crippen LogP) is 14.0. The molecule has 1 N–H and O–H groups in total. The Labute approximate surface area is 568 Å². The zero-order valence-electron chi connectivity index (χ0n) is 55.5. The number of esters is 1. The van der Waals surface area contributed by atoms with E-state index in [0.29, 0.717) is 124 Å². The number of nitrogens with zero attached hydrogens (tertiary/aromatic N) is 12. The maximum Gasteiger partial charge on any atom is 0.416 e. The highest BCUT2D eigenvalue weighted by molar-refractivity contribution is 5.73. The van der Waals surface area contributed by atoms with Gasteiger partial charge in [-0.25, -0.2) is 29.5 Å². The summed E-state index contributed by atoms with van der Waals surface area (Å²) in [6.07, 6.45) is -1.62. The summed E-state index contributed by atoms with van der Waals surface area (Å²) in [6, 6.07) is 1.10. The molecule has 5 aliphatic rings. The smallest absolute Gasteiger partial charge is 0.416 e. The number of halogens is 12. The summed E-state index contributed by atoms with van der Waals surface area (Å²) in [4.78, 5) is 73.9. The molecule has 544 valence electrons. The van der Waals surface area contributed by atoms with Crippen LogP contribution in [0.25, 0.3) is 22.3 Å². The number of amides is 2. The molecule has 2 amide bonds. The van der Waals surface area contributed by atoms with Gasteiger partial charge < -0.3 is 43.7 Å². The van der Waals surface area contributed by atoms with Gasteiger partial charge in [-0.05, 0) is 137 Å². The molecule has 21 nitrogen and oxygen atoms in total. The van der Waals surface area contributed by atoms with E-state index in [1.165, 1.54) is 54.5 Å². The van der Waals surface area contributed by atoms with Crippen LogP contribution in [0.15, 0.2) is 86.0 Å². The Hall–Kier alpha value is -8.78. The average Bonchev–Trinajstić information content (AvgIpc) is 1.42. The first-order valence-electron chi connectivity index (χ1n) is 32.8. The summed E-state index contributed by atoms with van der Waals surface area (Å²) in [5.41, 5.74) is -3.59. The number of hydrogen-bond donors (Lipinski definition) is 1. The summed E-state index contributed by atoms with van der Waals surface area (Å²) in [7, 11) is 4.79. The van der Waals surface area contributed by atoms with Crippen LogP contribution < -0.4 is 9.80 Å². The van der Waals surface area contributed by atoms with Crippen LogP contribution in [0, 0.1) is 11.8 Å². The quantitative estimate of drug-likeness (QED) is 0.0540. The molecule has 2 aromatic carbocycles. The van der Waals surface area contributed by atoms with Crippen LogP contribution in [-0.4, -0.2) is 148 Å². The number of alkyl halides is 12. The van der Waals surface area contributed by atoms with Crippen molar-refractivity contribution in [3.63, 3.8) is 0 Å². The molecule has 2 aliphatic carbocycles. The number of methoxy groups -OCH3 is 1. The number of carboxylic acids is 1. The lowest BCUT2D eigenvalue weighted by molar-refractivity contribution is -0.147. The van der Waals surface area contributed by atoms with Crippen molar-refractivity contribution in [3.8, 4) is 22.3 Å². The molecular weight excluding hydrogens is 1340 g/mol. The summed E-state index contributed by atoms with van der Waals surface area (Å²) >= 11 is 0. The summed E-state index contributed by atoms with van der Waals surface area (Å²) in [5, 5.41) is 17.5. The number of carbonyl (C=O) groups is 4. The van der Waals surface area contributed by atoms with Gasteiger partial charge in [0.05, 0.1) is 65.7 Å². The van der Waals surface area contributed by atoms with E-state index in [-0.39, 0.29) is 78.8 Å². The number of likely N-dealkylation sites (tertiary alicyclic amines) is 2. The van der Waals surface area contributed by atoms with Gasteiger partial charge in [-0.1, -0.05) is 13.8 Å². The third-order valence-corrected chi connectivity index (χ3v) is 18.5. The van der Waals surface area contributed by atoms with E-state index in [1.54, 1.807) is 58.0 Å². The second kappa shape index (κ2) is 32.3. The Kier molecular flexibility index (Phi) is 24.3. The molecule has 0 spiro atoms. The molecule has 2 saturated carbocycles. The minimum absolute atomic E-state index is 0.0562. The Balaban J connectivity index is 0.000000218. The predicted molar refractivity (Wildman–Crippen MR) is 336 cm³/mol. The number of benzene rings is 2. The van der Waals surface area contributed by atoms with Crippen molar-refractivity contribution in [2.45, 2.75) is 178 Å². The molecule has 6 aromatic rings. The molecule has 3 aliphatic heterocycles. The minimum Gasteiger partial charge on any atom is -0.481 e. The zero-order valence-corrected chi connectivity index (χ0v) is 55.5. The lowest BCUT2D eigenvalue weighted by atomic mass is 9.87. The Morgan fingerprint density at radius 3 is 1.15 bits per heavy atom. The van der Waals surface area contributed by atoms with Gasteiger partial charge in [-0.2, -0.15) is 62.9 Å². The molecule has 0 bridgehead atoms.